The lowest BCUT2D eigenvalue weighted by molar-refractivity contribution is 0.0782. The molecule has 1 aliphatic heterocycles. The van der Waals surface area contributed by atoms with E-state index in [4.69, 9.17) is 10.8 Å². The van der Waals surface area contributed by atoms with Crippen LogP contribution in [0.5, 0.6) is 0 Å². The molecule has 0 saturated carbocycles. The van der Waals surface area contributed by atoms with Crippen LogP contribution in [-0.2, 0) is 0 Å². The van der Waals surface area contributed by atoms with Gasteiger partial charge in [0.25, 0.3) is 5.91 Å². The molecule has 1 aromatic carbocycles. The zero-order valence-electron chi connectivity index (χ0n) is 10.8. The monoisotopic (exact) mass is 258 g/mol. The highest BCUT2D eigenvalue weighted by molar-refractivity contribution is 5.94. The van der Waals surface area contributed by atoms with Crippen LogP contribution in [0.15, 0.2) is 24.3 Å². The summed E-state index contributed by atoms with van der Waals surface area (Å²) in [7, 11) is 0. The fourth-order valence-corrected chi connectivity index (χ4v) is 2.20. The summed E-state index contributed by atoms with van der Waals surface area (Å²) in [5, 5.41) is 9.09. The average Bonchev–Trinajstić information content (AvgIpc) is 2.94. The quantitative estimate of drug-likeness (QED) is 0.757. The number of likely N-dealkylation sites (tertiary alicyclic amines) is 1. The Hall–Kier alpha value is -1.83. The average molecular weight is 258 g/mol. The largest absolute Gasteiger partial charge is 0.396 e. The zero-order chi connectivity index (χ0) is 13.7. The summed E-state index contributed by atoms with van der Waals surface area (Å²) >= 11 is 0. The lowest BCUT2D eigenvalue weighted by Crippen LogP contribution is -2.29. The minimum Gasteiger partial charge on any atom is -0.396 e. The summed E-state index contributed by atoms with van der Waals surface area (Å²) in [6.45, 7) is 1.84. The summed E-state index contributed by atoms with van der Waals surface area (Å²) in [5.41, 5.74) is 6.83. The van der Waals surface area contributed by atoms with Crippen molar-refractivity contribution in [2.45, 2.75) is 6.42 Å². The van der Waals surface area contributed by atoms with Crippen molar-refractivity contribution in [2.24, 2.45) is 11.7 Å². The van der Waals surface area contributed by atoms with Gasteiger partial charge in [-0.2, -0.15) is 0 Å². The zero-order valence-corrected chi connectivity index (χ0v) is 10.8. The van der Waals surface area contributed by atoms with Gasteiger partial charge in [-0.1, -0.05) is 11.8 Å². The molecule has 1 fully saturated rings. The number of benzene rings is 1. The maximum atomic E-state index is 12.2. The summed E-state index contributed by atoms with van der Waals surface area (Å²) in [6.07, 6.45) is 0.877. The molecule has 0 bridgehead atoms. The Morgan fingerprint density at radius 2 is 2.16 bits per heavy atom. The summed E-state index contributed by atoms with van der Waals surface area (Å²) in [4.78, 5) is 14.0. The van der Waals surface area contributed by atoms with E-state index in [9.17, 15) is 4.79 Å². The van der Waals surface area contributed by atoms with Crippen LogP contribution in [0, 0.1) is 17.8 Å². The molecule has 19 heavy (non-hydrogen) atoms. The number of aliphatic hydroxyl groups is 1. The van der Waals surface area contributed by atoms with Gasteiger partial charge in [0.1, 0.15) is 0 Å². The lowest BCUT2D eigenvalue weighted by atomic mass is 10.1. The number of carbonyl (C=O) groups is 1. The third kappa shape index (κ3) is 3.34. The van der Waals surface area contributed by atoms with E-state index in [-0.39, 0.29) is 18.4 Å². The number of hydrogen-bond acceptors (Lipinski definition) is 3. The van der Waals surface area contributed by atoms with Gasteiger partial charge in [-0.3, -0.25) is 4.79 Å². The molecule has 1 amide bonds. The molecular weight excluding hydrogens is 240 g/mol. The van der Waals surface area contributed by atoms with Crippen molar-refractivity contribution in [3.05, 3.63) is 35.4 Å². The second-order valence-electron chi connectivity index (χ2n) is 4.67. The first-order valence-corrected chi connectivity index (χ1v) is 6.43. The molecule has 0 aliphatic carbocycles. The Labute approximate surface area is 113 Å². The minimum absolute atomic E-state index is 0.0225. The summed E-state index contributed by atoms with van der Waals surface area (Å²) in [5.74, 6) is 5.94. The van der Waals surface area contributed by atoms with Crippen LogP contribution in [0.25, 0.3) is 0 Å². The molecule has 1 unspecified atom stereocenters. The van der Waals surface area contributed by atoms with E-state index in [2.05, 4.69) is 11.8 Å². The maximum Gasteiger partial charge on any atom is 0.253 e. The van der Waals surface area contributed by atoms with Gasteiger partial charge >= 0.3 is 0 Å². The predicted molar refractivity (Wildman–Crippen MR) is 73.5 cm³/mol. The topological polar surface area (TPSA) is 66.6 Å². The van der Waals surface area contributed by atoms with Crippen LogP contribution in [0.3, 0.4) is 0 Å². The van der Waals surface area contributed by atoms with E-state index in [0.717, 1.165) is 18.5 Å². The number of nitrogens with two attached hydrogens (primary N) is 1. The molecule has 100 valence electrons. The number of carbonyl (C=O) groups excluding carboxylic acids is 1. The molecule has 2 rings (SSSR count). The van der Waals surface area contributed by atoms with Crippen molar-refractivity contribution in [1.29, 1.82) is 0 Å². The standard InChI is InChI=1S/C15H18N2O2/c16-8-1-2-12-3-5-14(6-4-12)15(19)17-9-7-13(10-17)11-18/h3-6,13,18H,7-11,16H2. The maximum absolute atomic E-state index is 12.2. The molecule has 0 aromatic heterocycles. The predicted octanol–water partition coefficient (Wildman–Crippen LogP) is 0.451. The van der Waals surface area contributed by atoms with Crippen molar-refractivity contribution < 1.29 is 9.90 Å². The van der Waals surface area contributed by atoms with Gasteiger partial charge < -0.3 is 15.7 Å². The van der Waals surface area contributed by atoms with Crippen LogP contribution in [0.1, 0.15) is 22.3 Å². The van der Waals surface area contributed by atoms with E-state index in [1.807, 2.05) is 12.1 Å². The van der Waals surface area contributed by atoms with Gasteiger partial charge in [0, 0.05) is 36.7 Å². The van der Waals surface area contributed by atoms with E-state index in [1.165, 1.54) is 0 Å². The van der Waals surface area contributed by atoms with Gasteiger partial charge in [-0.15, -0.1) is 0 Å². The minimum atomic E-state index is 0.0225. The molecule has 3 N–H and O–H groups in total. The highest BCUT2D eigenvalue weighted by Crippen LogP contribution is 2.18. The molecule has 1 aromatic rings. The van der Waals surface area contributed by atoms with Crippen LogP contribution in [0.4, 0.5) is 0 Å². The molecule has 4 nitrogen and oxygen atoms in total. The van der Waals surface area contributed by atoms with Crippen LogP contribution < -0.4 is 5.73 Å². The second kappa shape index (κ2) is 6.37. The molecule has 1 atom stereocenters. The molecule has 1 aliphatic rings. The number of hydrogen-bond donors (Lipinski definition) is 2. The Morgan fingerprint density at radius 3 is 2.74 bits per heavy atom. The van der Waals surface area contributed by atoms with Crippen LogP contribution >= 0.6 is 0 Å². The Morgan fingerprint density at radius 1 is 1.42 bits per heavy atom. The fraction of sp³-hybridized carbons (Fsp3) is 0.400. The normalized spacial score (nSPS) is 18.0. The number of aliphatic hydroxyl groups excluding tert-OH is 1. The smallest absolute Gasteiger partial charge is 0.253 e. The molecule has 1 heterocycles. The SMILES string of the molecule is NCC#Cc1ccc(C(=O)N2CCC(CO)C2)cc1. The first-order chi connectivity index (χ1) is 9.24. The molecule has 0 spiro atoms. The third-order valence-electron chi connectivity index (χ3n) is 3.30. The molecule has 4 heteroatoms. The van der Waals surface area contributed by atoms with Gasteiger partial charge in [-0.25, -0.2) is 0 Å². The Kier molecular flexibility index (Phi) is 4.56. The van der Waals surface area contributed by atoms with E-state index < -0.39 is 0 Å². The molecule has 0 radical (unpaired) electrons. The Balaban J connectivity index is 2.04. The van der Waals surface area contributed by atoms with Gasteiger partial charge in [0.05, 0.1) is 6.54 Å². The molecule has 1 saturated heterocycles. The van der Waals surface area contributed by atoms with Gasteiger partial charge in [0.15, 0.2) is 0 Å². The number of rotatable bonds is 2. The third-order valence-corrected chi connectivity index (χ3v) is 3.30. The fourth-order valence-electron chi connectivity index (χ4n) is 2.20. The van der Waals surface area contributed by atoms with Crippen molar-refractivity contribution >= 4 is 5.91 Å². The second-order valence-corrected chi connectivity index (χ2v) is 4.67. The van der Waals surface area contributed by atoms with E-state index in [1.54, 1.807) is 17.0 Å². The van der Waals surface area contributed by atoms with Gasteiger partial charge in [-0.05, 0) is 30.7 Å². The van der Waals surface area contributed by atoms with E-state index >= 15 is 0 Å². The van der Waals surface area contributed by atoms with Crippen molar-refractivity contribution in [2.75, 3.05) is 26.2 Å². The van der Waals surface area contributed by atoms with Crippen molar-refractivity contribution in [3.63, 3.8) is 0 Å². The highest BCUT2D eigenvalue weighted by atomic mass is 16.3. The number of nitrogens with zero attached hydrogens (tertiary/aromatic N) is 1. The van der Waals surface area contributed by atoms with Crippen LogP contribution in [0.2, 0.25) is 0 Å². The van der Waals surface area contributed by atoms with Crippen LogP contribution in [-0.4, -0.2) is 42.2 Å². The highest BCUT2D eigenvalue weighted by Gasteiger charge is 2.26. The van der Waals surface area contributed by atoms with Gasteiger partial charge in [0.2, 0.25) is 0 Å². The summed E-state index contributed by atoms with van der Waals surface area (Å²) in [6, 6.07) is 7.23. The van der Waals surface area contributed by atoms with Crippen molar-refractivity contribution in [3.8, 4) is 11.8 Å². The van der Waals surface area contributed by atoms with Crippen molar-refractivity contribution in [1.82, 2.24) is 4.90 Å². The molecular formula is C15H18N2O2. The van der Waals surface area contributed by atoms with E-state index in [0.29, 0.717) is 18.7 Å². The first-order valence-electron chi connectivity index (χ1n) is 6.43. The Bertz CT molecular complexity index is 499. The lowest BCUT2D eigenvalue weighted by Gasteiger charge is -2.16. The number of amides is 1. The first kappa shape index (κ1) is 13.6. The summed E-state index contributed by atoms with van der Waals surface area (Å²) < 4.78 is 0.